The highest BCUT2D eigenvalue weighted by atomic mass is 32.2. The van der Waals surface area contributed by atoms with Crippen LogP contribution in [0.3, 0.4) is 0 Å². The van der Waals surface area contributed by atoms with Crippen LogP contribution in [0.25, 0.3) is 0 Å². The van der Waals surface area contributed by atoms with Gasteiger partial charge in [-0.15, -0.1) is 0 Å². The number of rotatable bonds is 6. The normalized spacial score (nSPS) is 22.9. The Kier molecular flexibility index (Phi) is 5.77. The van der Waals surface area contributed by atoms with E-state index in [1.165, 1.54) is 18.0 Å². The topological polar surface area (TPSA) is 118 Å². The quantitative estimate of drug-likeness (QED) is 0.644. The largest absolute Gasteiger partial charge is 0.365 e. The Balaban J connectivity index is 2.03. The first-order valence-corrected chi connectivity index (χ1v) is 12.0. The van der Waals surface area contributed by atoms with Gasteiger partial charge >= 0.3 is 0 Å². The molecule has 1 saturated carbocycles. The zero-order chi connectivity index (χ0) is 20.5. The van der Waals surface area contributed by atoms with E-state index in [1.54, 1.807) is 31.2 Å². The van der Waals surface area contributed by atoms with E-state index >= 15 is 0 Å². The van der Waals surface area contributed by atoms with Gasteiger partial charge in [0.15, 0.2) is 9.84 Å². The minimum Gasteiger partial charge on any atom is -0.365 e. The third-order valence-electron chi connectivity index (χ3n) is 5.25. The molecule has 1 unspecified atom stereocenters. The number of carbonyl (C=O) groups is 2. The monoisotopic (exact) mass is 423 g/mol. The standard InChI is InChI=1S/C19H25N3O4S2/c1-3-15(23)21-18-16(17(20)24)27-19(22-18,12-6-4-5-7-12)13-8-10-14(11-9-13)28(2,25)26/h8-12,22H,3-7H2,1-2H3,(H2,20,24)(H,21,23). The van der Waals surface area contributed by atoms with Crippen LogP contribution in [-0.2, 0) is 24.3 Å². The smallest absolute Gasteiger partial charge is 0.258 e. The summed E-state index contributed by atoms with van der Waals surface area (Å²) in [5.41, 5.74) is 6.45. The molecule has 7 nitrogen and oxygen atoms in total. The summed E-state index contributed by atoms with van der Waals surface area (Å²) in [5.74, 6) is -0.261. The number of nitrogens with two attached hydrogens (primary N) is 1. The Labute approximate surface area is 169 Å². The summed E-state index contributed by atoms with van der Waals surface area (Å²) in [6.07, 6.45) is 5.55. The van der Waals surface area contributed by atoms with Crippen LogP contribution >= 0.6 is 11.8 Å². The van der Waals surface area contributed by atoms with Gasteiger partial charge in [-0.1, -0.05) is 43.7 Å². The van der Waals surface area contributed by atoms with Crippen molar-refractivity contribution in [3.63, 3.8) is 0 Å². The minimum absolute atomic E-state index is 0.212. The van der Waals surface area contributed by atoms with Crippen LogP contribution in [0, 0.1) is 5.92 Å². The molecule has 0 saturated heterocycles. The molecule has 1 aliphatic heterocycles. The molecule has 1 aromatic carbocycles. The number of benzene rings is 1. The Hall–Kier alpha value is -2.00. The summed E-state index contributed by atoms with van der Waals surface area (Å²) in [4.78, 5) is 23.9. The molecule has 28 heavy (non-hydrogen) atoms. The highest BCUT2D eigenvalue weighted by molar-refractivity contribution is 8.05. The predicted octanol–water partition coefficient (Wildman–Crippen LogP) is 1.95. The summed E-state index contributed by atoms with van der Waals surface area (Å²) in [6.45, 7) is 1.73. The van der Waals surface area contributed by atoms with Crippen LogP contribution in [0.1, 0.15) is 44.6 Å². The fourth-order valence-corrected chi connectivity index (χ4v) is 5.87. The van der Waals surface area contributed by atoms with E-state index in [4.69, 9.17) is 5.73 Å². The van der Waals surface area contributed by atoms with Gasteiger partial charge in [0.25, 0.3) is 5.91 Å². The Morgan fingerprint density at radius 3 is 2.36 bits per heavy atom. The molecule has 0 aromatic heterocycles. The van der Waals surface area contributed by atoms with Crippen LogP contribution in [0.2, 0.25) is 0 Å². The zero-order valence-corrected chi connectivity index (χ0v) is 17.6. The van der Waals surface area contributed by atoms with Crippen molar-refractivity contribution in [2.45, 2.75) is 48.8 Å². The number of nitrogens with one attached hydrogen (secondary N) is 2. The van der Waals surface area contributed by atoms with Gasteiger partial charge in [0.05, 0.1) is 4.90 Å². The van der Waals surface area contributed by atoms with Crippen LogP contribution in [-0.4, -0.2) is 26.5 Å². The number of hydrogen-bond donors (Lipinski definition) is 3. The fourth-order valence-electron chi connectivity index (χ4n) is 3.80. The molecule has 0 bridgehead atoms. The van der Waals surface area contributed by atoms with Gasteiger partial charge in [-0.3, -0.25) is 9.59 Å². The number of primary amides is 1. The maximum absolute atomic E-state index is 12.1. The maximum Gasteiger partial charge on any atom is 0.258 e. The summed E-state index contributed by atoms with van der Waals surface area (Å²) in [7, 11) is -3.30. The van der Waals surface area contributed by atoms with Crippen LogP contribution in [0.5, 0.6) is 0 Å². The molecular formula is C19H25N3O4S2. The van der Waals surface area contributed by atoms with E-state index in [2.05, 4.69) is 10.6 Å². The molecule has 2 aliphatic rings. The first-order valence-electron chi connectivity index (χ1n) is 9.29. The van der Waals surface area contributed by atoms with E-state index in [0.29, 0.717) is 10.7 Å². The number of hydrogen-bond acceptors (Lipinski definition) is 6. The van der Waals surface area contributed by atoms with Gasteiger partial charge in [0.1, 0.15) is 15.6 Å². The third-order valence-corrected chi connectivity index (χ3v) is 7.98. The summed E-state index contributed by atoms with van der Waals surface area (Å²) in [6, 6.07) is 6.71. The number of carbonyl (C=O) groups excluding carboxylic acids is 2. The van der Waals surface area contributed by atoms with Gasteiger partial charge < -0.3 is 16.4 Å². The van der Waals surface area contributed by atoms with Crippen molar-refractivity contribution in [1.82, 2.24) is 10.6 Å². The minimum atomic E-state index is -3.30. The fraction of sp³-hybridized carbons (Fsp3) is 0.474. The number of thioether (sulfide) groups is 1. The maximum atomic E-state index is 12.1. The lowest BCUT2D eigenvalue weighted by molar-refractivity contribution is -0.120. The molecule has 1 aliphatic carbocycles. The third kappa shape index (κ3) is 3.91. The van der Waals surface area contributed by atoms with Gasteiger partial charge in [-0.2, -0.15) is 0 Å². The molecule has 2 amide bonds. The van der Waals surface area contributed by atoms with E-state index in [9.17, 15) is 18.0 Å². The van der Waals surface area contributed by atoms with Crippen molar-refractivity contribution in [3.8, 4) is 0 Å². The molecule has 1 fully saturated rings. The average Bonchev–Trinajstić information content (AvgIpc) is 3.29. The first-order chi connectivity index (χ1) is 13.2. The summed E-state index contributed by atoms with van der Waals surface area (Å²) in [5, 5.41) is 6.13. The molecule has 9 heteroatoms. The van der Waals surface area contributed by atoms with E-state index in [0.717, 1.165) is 31.2 Å². The molecule has 1 heterocycles. The zero-order valence-electron chi connectivity index (χ0n) is 15.9. The van der Waals surface area contributed by atoms with E-state index in [-0.39, 0.29) is 23.1 Å². The Morgan fingerprint density at radius 2 is 1.86 bits per heavy atom. The van der Waals surface area contributed by atoms with Crippen molar-refractivity contribution in [1.29, 1.82) is 0 Å². The molecule has 3 rings (SSSR count). The molecule has 1 aromatic rings. The SMILES string of the molecule is CCC(=O)NC1=C(C(N)=O)SC(c2ccc(S(C)(=O)=O)cc2)(C2CCCC2)N1. The van der Waals surface area contributed by atoms with Gasteiger partial charge in [0, 0.05) is 12.7 Å². The van der Waals surface area contributed by atoms with Crippen molar-refractivity contribution >= 4 is 33.4 Å². The number of amides is 2. The predicted molar refractivity (Wildman–Crippen MR) is 109 cm³/mol. The lowest BCUT2D eigenvalue weighted by Crippen LogP contribution is -2.44. The summed E-state index contributed by atoms with van der Waals surface area (Å²) >= 11 is 1.32. The highest BCUT2D eigenvalue weighted by Crippen LogP contribution is 2.54. The molecule has 0 radical (unpaired) electrons. The van der Waals surface area contributed by atoms with Gasteiger partial charge in [-0.25, -0.2) is 8.42 Å². The van der Waals surface area contributed by atoms with E-state index < -0.39 is 20.6 Å². The second-order valence-electron chi connectivity index (χ2n) is 7.21. The van der Waals surface area contributed by atoms with Crippen molar-refractivity contribution in [3.05, 3.63) is 40.6 Å². The molecular weight excluding hydrogens is 398 g/mol. The van der Waals surface area contributed by atoms with Crippen LogP contribution in [0.4, 0.5) is 0 Å². The molecule has 4 N–H and O–H groups in total. The second kappa shape index (κ2) is 7.79. The van der Waals surface area contributed by atoms with Crippen molar-refractivity contribution < 1.29 is 18.0 Å². The lowest BCUT2D eigenvalue weighted by Gasteiger charge is -2.36. The van der Waals surface area contributed by atoms with Crippen LogP contribution in [0.15, 0.2) is 39.9 Å². The first kappa shape index (κ1) is 20.7. The van der Waals surface area contributed by atoms with Gasteiger partial charge in [-0.05, 0) is 36.5 Å². The number of sulfone groups is 1. The Bertz CT molecular complexity index is 919. The van der Waals surface area contributed by atoms with Crippen molar-refractivity contribution in [2.75, 3.05) is 6.26 Å². The molecule has 0 spiro atoms. The highest BCUT2D eigenvalue weighted by Gasteiger charge is 2.49. The van der Waals surface area contributed by atoms with Crippen molar-refractivity contribution in [2.24, 2.45) is 11.7 Å². The van der Waals surface area contributed by atoms with Crippen LogP contribution < -0.4 is 16.4 Å². The Morgan fingerprint density at radius 1 is 1.25 bits per heavy atom. The molecule has 152 valence electrons. The average molecular weight is 424 g/mol. The van der Waals surface area contributed by atoms with Gasteiger partial charge in [0.2, 0.25) is 5.91 Å². The second-order valence-corrected chi connectivity index (χ2v) is 10.5. The van der Waals surface area contributed by atoms with E-state index in [1.807, 2.05) is 0 Å². The lowest BCUT2D eigenvalue weighted by atomic mass is 9.90. The summed E-state index contributed by atoms with van der Waals surface area (Å²) < 4.78 is 23.6. The molecule has 1 atom stereocenters.